The summed E-state index contributed by atoms with van der Waals surface area (Å²) in [7, 11) is 0. The second-order valence-corrected chi connectivity index (χ2v) is 4.16. The first-order valence-corrected chi connectivity index (χ1v) is 5.44. The van der Waals surface area contributed by atoms with Crippen molar-refractivity contribution < 1.29 is 9.90 Å². The molecule has 3 rings (SSSR count). The fourth-order valence-corrected chi connectivity index (χ4v) is 2.35. The van der Waals surface area contributed by atoms with Crippen LogP contribution in [0.15, 0.2) is 23.2 Å². The first kappa shape index (κ1) is 9.39. The molecule has 82 valence electrons. The van der Waals surface area contributed by atoms with E-state index in [-0.39, 0.29) is 17.7 Å². The third kappa shape index (κ3) is 1.23. The molecule has 1 atom stereocenters. The summed E-state index contributed by atoms with van der Waals surface area (Å²) < 4.78 is 0. The number of hydrogen-bond acceptors (Lipinski definition) is 3. The number of aromatic hydroxyl groups is 1. The number of para-hydroxylation sites is 1. The smallest absolute Gasteiger partial charge is 0.256 e. The Morgan fingerprint density at radius 2 is 2.31 bits per heavy atom. The van der Waals surface area contributed by atoms with E-state index in [9.17, 15) is 9.90 Å². The standard InChI is InChI=1S/C12H12N2O2/c15-10-5-1-4-9-11(10)13-7-8-3-2-6-14(8)12(9)16/h1,4-5,7-8,15H,2-3,6H2/t8-/m0/s1. The van der Waals surface area contributed by atoms with Crippen molar-refractivity contribution >= 4 is 17.8 Å². The third-order valence-corrected chi connectivity index (χ3v) is 3.18. The minimum atomic E-state index is -0.0223. The average Bonchev–Trinajstić information content (AvgIpc) is 2.70. The van der Waals surface area contributed by atoms with Crippen LogP contribution < -0.4 is 0 Å². The van der Waals surface area contributed by atoms with Crippen LogP contribution in [0.3, 0.4) is 0 Å². The van der Waals surface area contributed by atoms with Crippen molar-refractivity contribution in [3.63, 3.8) is 0 Å². The van der Waals surface area contributed by atoms with Crippen LogP contribution in [0.4, 0.5) is 5.69 Å². The predicted octanol–water partition coefficient (Wildman–Crippen LogP) is 1.71. The highest BCUT2D eigenvalue weighted by Crippen LogP contribution is 2.34. The van der Waals surface area contributed by atoms with Gasteiger partial charge in [-0.1, -0.05) is 6.07 Å². The molecule has 1 saturated heterocycles. The van der Waals surface area contributed by atoms with Gasteiger partial charge in [0.05, 0.1) is 11.6 Å². The second kappa shape index (κ2) is 3.33. The number of rotatable bonds is 0. The van der Waals surface area contributed by atoms with Crippen molar-refractivity contribution in [3.8, 4) is 5.75 Å². The van der Waals surface area contributed by atoms with Crippen LogP contribution in [0.1, 0.15) is 23.2 Å². The molecule has 0 bridgehead atoms. The van der Waals surface area contributed by atoms with Crippen LogP contribution in [0.25, 0.3) is 0 Å². The largest absolute Gasteiger partial charge is 0.506 e. The second-order valence-electron chi connectivity index (χ2n) is 4.16. The van der Waals surface area contributed by atoms with E-state index < -0.39 is 0 Å². The number of hydrogen-bond donors (Lipinski definition) is 1. The molecule has 1 fully saturated rings. The van der Waals surface area contributed by atoms with Crippen LogP contribution in [0, 0.1) is 0 Å². The Morgan fingerprint density at radius 1 is 1.44 bits per heavy atom. The van der Waals surface area contributed by atoms with Crippen LogP contribution >= 0.6 is 0 Å². The van der Waals surface area contributed by atoms with Gasteiger partial charge in [0, 0.05) is 12.8 Å². The van der Waals surface area contributed by atoms with Crippen molar-refractivity contribution in [1.82, 2.24) is 4.90 Å². The molecule has 0 unspecified atom stereocenters. The number of phenols is 1. The van der Waals surface area contributed by atoms with Crippen LogP contribution in [0.2, 0.25) is 0 Å². The number of aliphatic imine (C=N–C) groups is 1. The number of carbonyl (C=O) groups excluding carboxylic acids is 1. The lowest BCUT2D eigenvalue weighted by molar-refractivity contribution is 0.0774. The normalized spacial score (nSPS) is 22.9. The molecule has 1 aromatic rings. The van der Waals surface area contributed by atoms with Gasteiger partial charge in [-0.25, -0.2) is 0 Å². The zero-order valence-corrected chi connectivity index (χ0v) is 8.76. The molecule has 2 heterocycles. The van der Waals surface area contributed by atoms with Gasteiger partial charge >= 0.3 is 0 Å². The van der Waals surface area contributed by atoms with Crippen molar-refractivity contribution in [2.45, 2.75) is 18.9 Å². The van der Waals surface area contributed by atoms with E-state index >= 15 is 0 Å². The van der Waals surface area contributed by atoms with E-state index in [4.69, 9.17) is 0 Å². The molecule has 16 heavy (non-hydrogen) atoms. The Morgan fingerprint density at radius 3 is 3.19 bits per heavy atom. The third-order valence-electron chi connectivity index (χ3n) is 3.18. The molecular formula is C12H12N2O2. The summed E-state index contributed by atoms with van der Waals surface area (Å²) in [5.41, 5.74) is 0.905. The minimum Gasteiger partial charge on any atom is -0.506 e. The molecule has 0 spiro atoms. The van der Waals surface area contributed by atoms with Gasteiger partial charge < -0.3 is 10.0 Å². The molecule has 2 aliphatic rings. The maximum Gasteiger partial charge on any atom is 0.256 e. The van der Waals surface area contributed by atoms with Crippen molar-refractivity contribution in [2.75, 3.05) is 6.54 Å². The van der Waals surface area contributed by atoms with Gasteiger partial charge in [0.2, 0.25) is 0 Å². The summed E-state index contributed by atoms with van der Waals surface area (Å²) in [5.74, 6) is 0.0502. The number of fused-ring (bicyclic) bond motifs is 2. The maximum atomic E-state index is 12.2. The predicted molar refractivity (Wildman–Crippen MR) is 60.3 cm³/mol. The summed E-state index contributed by atoms with van der Waals surface area (Å²) in [6.45, 7) is 0.782. The number of carbonyl (C=O) groups is 1. The zero-order chi connectivity index (χ0) is 11.1. The van der Waals surface area contributed by atoms with Gasteiger partial charge in [-0.2, -0.15) is 0 Å². The maximum absolute atomic E-state index is 12.2. The molecule has 1 N–H and O–H groups in total. The first-order valence-electron chi connectivity index (χ1n) is 5.44. The molecule has 1 aromatic carbocycles. The van der Waals surface area contributed by atoms with Crippen molar-refractivity contribution in [1.29, 1.82) is 0 Å². The SMILES string of the molecule is O=C1c2cccc(O)c2N=C[C@@H]2CCCN12. The fraction of sp³-hybridized carbons (Fsp3) is 0.333. The number of benzene rings is 1. The lowest BCUT2D eigenvalue weighted by atomic mass is 10.1. The van der Waals surface area contributed by atoms with E-state index in [2.05, 4.69) is 4.99 Å². The van der Waals surface area contributed by atoms with Gasteiger partial charge in [0.25, 0.3) is 5.91 Å². The van der Waals surface area contributed by atoms with Gasteiger partial charge in [-0.05, 0) is 25.0 Å². The van der Waals surface area contributed by atoms with Gasteiger partial charge in [-0.3, -0.25) is 9.79 Å². The summed E-state index contributed by atoms with van der Waals surface area (Å²) in [5, 5.41) is 9.68. The van der Waals surface area contributed by atoms with Crippen molar-refractivity contribution in [2.24, 2.45) is 4.99 Å². The molecule has 0 aromatic heterocycles. The monoisotopic (exact) mass is 216 g/mol. The number of amides is 1. The molecule has 0 aliphatic carbocycles. The molecule has 0 radical (unpaired) electrons. The summed E-state index contributed by atoms with van der Waals surface area (Å²) in [4.78, 5) is 18.3. The highest BCUT2D eigenvalue weighted by molar-refractivity contribution is 6.03. The fourth-order valence-electron chi connectivity index (χ4n) is 2.35. The quantitative estimate of drug-likeness (QED) is 0.717. The van der Waals surface area contributed by atoms with E-state index in [1.807, 2.05) is 4.90 Å². The highest BCUT2D eigenvalue weighted by Gasteiger charge is 2.32. The van der Waals surface area contributed by atoms with E-state index in [0.717, 1.165) is 19.4 Å². The number of nitrogens with zero attached hydrogens (tertiary/aromatic N) is 2. The summed E-state index contributed by atoms with van der Waals surface area (Å²) in [6.07, 6.45) is 3.76. The Labute approximate surface area is 93.2 Å². The topological polar surface area (TPSA) is 52.9 Å². The lowest BCUT2D eigenvalue weighted by Crippen LogP contribution is -2.35. The van der Waals surface area contributed by atoms with Crippen molar-refractivity contribution in [3.05, 3.63) is 23.8 Å². The Bertz CT molecular complexity index is 482. The van der Waals surface area contributed by atoms with Gasteiger partial charge in [0.1, 0.15) is 11.4 Å². The van der Waals surface area contributed by atoms with Crippen LogP contribution in [-0.2, 0) is 0 Å². The number of phenolic OH excluding ortho intramolecular Hbond substituents is 1. The summed E-state index contributed by atoms with van der Waals surface area (Å²) >= 11 is 0. The van der Waals surface area contributed by atoms with Crippen LogP contribution in [-0.4, -0.2) is 34.7 Å². The lowest BCUT2D eigenvalue weighted by Gasteiger charge is -2.19. The average molecular weight is 216 g/mol. The highest BCUT2D eigenvalue weighted by atomic mass is 16.3. The Balaban J connectivity index is 2.16. The Kier molecular flexibility index (Phi) is 1.96. The van der Waals surface area contributed by atoms with Crippen LogP contribution in [0.5, 0.6) is 5.75 Å². The van der Waals surface area contributed by atoms with Gasteiger partial charge in [-0.15, -0.1) is 0 Å². The molecule has 4 nitrogen and oxygen atoms in total. The van der Waals surface area contributed by atoms with E-state index in [1.54, 1.807) is 24.4 Å². The molecule has 0 saturated carbocycles. The zero-order valence-electron chi connectivity index (χ0n) is 8.76. The molecule has 2 aliphatic heterocycles. The molecule has 1 amide bonds. The van der Waals surface area contributed by atoms with E-state index in [0.29, 0.717) is 11.3 Å². The molecular weight excluding hydrogens is 204 g/mol. The minimum absolute atomic E-state index is 0.0223. The molecule has 4 heteroatoms. The van der Waals surface area contributed by atoms with Gasteiger partial charge in [0.15, 0.2) is 0 Å². The summed E-state index contributed by atoms with van der Waals surface area (Å²) in [6, 6.07) is 5.05. The first-order chi connectivity index (χ1) is 7.77. The Hall–Kier alpha value is -1.84. The van der Waals surface area contributed by atoms with E-state index in [1.165, 1.54) is 0 Å².